The van der Waals surface area contributed by atoms with E-state index in [1.807, 2.05) is 0 Å². The molecular formula is C13H19N. The molecule has 1 aliphatic rings. The molecule has 1 unspecified atom stereocenters. The third-order valence-corrected chi connectivity index (χ3v) is 3.24. The summed E-state index contributed by atoms with van der Waals surface area (Å²) in [7, 11) is 0. The Kier molecular flexibility index (Phi) is 2.13. The summed E-state index contributed by atoms with van der Waals surface area (Å²) in [4.78, 5) is 4.62. The molecule has 0 spiro atoms. The van der Waals surface area contributed by atoms with Gasteiger partial charge in [0.05, 0.1) is 0 Å². The average molecular weight is 189 g/mol. The van der Waals surface area contributed by atoms with Crippen LogP contribution in [0.1, 0.15) is 50.1 Å². The van der Waals surface area contributed by atoms with Crippen LogP contribution in [0.2, 0.25) is 0 Å². The van der Waals surface area contributed by atoms with Gasteiger partial charge in [-0.3, -0.25) is 4.98 Å². The van der Waals surface area contributed by atoms with E-state index in [0.717, 1.165) is 5.69 Å². The molecule has 1 aromatic rings. The summed E-state index contributed by atoms with van der Waals surface area (Å²) in [5, 5.41) is 0. The quantitative estimate of drug-likeness (QED) is 0.609. The minimum atomic E-state index is 0.377. The van der Waals surface area contributed by atoms with Gasteiger partial charge < -0.3 is 0 Å². The topological polar surface area (TPSA) is 12.9 Å². The molecule has 0 amide bonds. The summed E-state index contributed by atoms with van der Waals surface area (Å²) in [6.07, 6.45) is 2.44. The zero-order valence-electron chi connectivity index (χ0n) is 9.59. The van der Waals surface area contributed by atoms with Crippen molar-refractivity contribution >= 4 is 0 Å². The molecule has 0 bridgehead atoms. The predicted octanol–water partition coefficient (Wildman–Crippen LogP) is 3.47. The number of hydrogen-bond acceptors (Lipinski definition) is 1. The summed E-state index contributed by atoms with van der Waals surface area (Å²) in [6, 6.07) is 4.42. The van der Waals surface area contributed by atoms with E-state index >= 15 is 0 Å². The summed E-state index contributed by atoms with van der Waals surface area (Å²) in [5.74, 6) is 0.700. The summed E-state index contributed by atoms with van der Waals surface area (Å²) in [6.45, 7) is 9.05. The van der Waals surface area contributed by atoms with Crippen molar-refractivity contribution in [1.29, 1.82) is 0 Å². The number of pyridine rings is 1. The van der Waals surface area contributed by atoms with Gasteiger partial charge in [-0.15, -0.1) is 0 Å². The lowest BCUT2D eigenvalue weighted by Crippen LogP contribution is -2.15. The Hall–Kier alpha value is -0.850. The Morgan fingerprint density at radius 2 is 2.00 bits per heavy atom. The maximum Gasteiger partial charge on any atom is 0.0442 e. The van der Waals surface area contributed by atoms with Gasteiger partial charge in [-0.1, -0.05) is 26.8 Å². The van der Waals surface area contributed by atoms with Crippen LogP contribution in [0.5, 0.6) is 0 Å². The van der Waals surface area contributed by atoms with Crippen molar-refractivity contribution in [3.05, 3.63) is 29.1 Å². The Morgan fingerprint density at radius 3 is 2.64 bits per heavy atom. The maximum absolute atomic E-state index is 4.62. The standard InChI is InChI=1S/C13H19N/c1-9-5-6-10-11(13(2,3)4)7-8-12(10)14-9/h5-6,11H,7-8H2,1-4H3. The first-order valence-corrected chi connectivity index (χ1v) is 5.45. The van der Waals surface area contributed by atoms with Gasteiger partial charge in [0.2, 0.25) is 0 Å². The normalized spacial score (nSPS) is 21.0. The van der Waals surface area contributed by atoms with E-state index < -0.39 is 0 Å². The highest BCUT2D eigenvalue weighted by atomic mass is 14.7. The van der Waals surface area contributed by atoms with Gasteiger partial charge in [-0.2, -0.15) is 0 Å². The monoisotopic (exact) mass is 189 g/mol. The third kappa shape index (κ3) is 1.56. The van der Waals surface area contributed by atoms with Crippen molar-refractivity contribution in [2.75, 3.05) is 0 Å². The first-order chi connectivity index (χ1) is 6.48. The van der Waals surface area contributed by atoms with Gasteiger partial charge >= 0.3 is 0 Å². The van der Waals surface area contributed by atoms with Crippen molar-refractivity contribution in [3.63, 3.8) is 0 Å². The van der Waals surface area contributed by atoms with Gasteiger partial charge in [-0.05, 0) is 42.7 Å². The van der Waals surface area contributed by atoms with Crippen LogP contribution in [0.15, 0.2) is 12.1 Å². The number of fused-ring (bicyclic) bond motifs is 1. The van der Waals surface area contributed by atoms with Crippen LogP contribution in [0.4, 0.5) is 0 Å². The van der Waals surface area contributed by atoms with Gasteiger partial charge in [0, 0.05) is 11.4 Å². The Balaban J connectivity index is 2.41. The zero-order chi connectivity index (χ0) is 10.3. The van der Waals surface area contributed by atoms with E-state index in [4.69, 9.17) is 0 Å². The molecule has 14 heavy (non-hydrogen) atoms. The number of rotatable bonds is 0. The third-order valence-electron chi connectivity index (χ3n) is 3.24. The molecule has 1 nitrogen and oxygen atoms in total. The molecular weight excluding hydrogens is 170 g/mol. The molecule has 1 heteroatoms. The fourth-order valence-electron chi connectivity index (χ4n) is 2.47. The molecule has 0 fully saturated rings. The summed E-state index contributed by atoms with van der Waals surface area (Å²) in [5.41, 5.74) is 4.36. The lowest BCUT2D eigenvalue weighted by molar-refractivity contribution is 0.319. The molecule has 1 heterocycles. The highest BCUT2D eigenvalue weighted by Crippen LogP contribution is 2.43. The van der Waals surface area contributed by atoms with Gasteiger partial charge in [0.1, 0.15) is 0 Å². The first kappa shape index (κ1) is 9.70. The zero-order valence-corrected chi connectivity index (χ0v) is 9.59. The fraction of sp³-hybridized carbons (Fsp3) is 0.615. The minimum Gasteiger partial charge on any atom is -0.258 e. The number of aromatic nitrogens is 1. The van der Waals surface area contributed by atoms with Gasteiger partial charge in [0.25, 0.3) is 0 Å². The lowest BCUT2D eigenvalue weighted by Gasteiger charge is -2.27. The Labute approximate surface area is 86.6 Å². The van der Waals surface area contributed by atoms with Crippen LogP contribution in [0.3, 0.4) is 0 Å². The maximum atomic E-state index is 4.62. The average Bonchev–Trinajstić information content (AvgIpc) is 2.45. The second-order valence-corrected chi connectivity index (χ2v) is 5.45. The smallest absolute Gasteiger partial charge is 0.0442 e. The predicted molar refractivity (Wildman–Crippen MR) is 59.5 cm³/mol. The summed E-state index contributed by atoms with van der Waals surface area (Å²) >= 11 is 0. The van der Waals surface area contributed by atoms with E-state index in [1.165, 1.54) is 24.1 Å². The molecule has 1 aliphatic carbocycles. The first-order valence-electron chi connectivity index (χ1n) is 5.45. The largest absolute Gasteiger partial charge is 0.258 e. The number of nitrogens with zero attached hydrogens (tertiary/aromatic N) is 1. The molecule has 0 N–H and O–H groups in total. The van der Waals surface area contributed by atoms with Crippen molar-refractivity contribution in [3.8, 4) is 0 Å². The van der Waals surface area contributed by atoms with E-state index in [1.54, 1.807) is 0 Å². The van der Waals surface area contributed by atoms with Crippen molar-refractivity contribution in [1.82, 2.24) is 4.98 Å². The van der Waals surface area contributed by atoms with Crippen LogP contribution in [-0.4, -0.2) is 4.98 Å². The fourth-order valence-corrected chi connectivity index (χ4v) is 2.47. The van der Waals surface area contributed by atoms with Crippen molar-refractivity contribution in [2.45, 2.75) is 46.5 Å². The molecule has 0 aliphatic heterocycles. The van der Waals surface area contributed by atoms with Crippen LogP contribution >= 0.6 is 0 Å². The second kappa shape index (κ2) is 3.08. The Morgan fingerprint density at radius 1 is 1.29 bits per heavy atom. The van der Waals surface area contributed by atoms with Crippen LogP contribution in [0, 0.1) is 12.3 Å². The SMILES string of the molecule is Cc1ccc2c(n1)CCC2C(C)(C)C. The number of aryl methyl sites for hydroxylation is 2. The molecule has 0 aromatic carbocycles. The van der Waals surface area contributed by atoms with E-state index in [0.29, 0.717) is 11.3 Å². The Bertz CT molecular complexity index is 347. The molecule has 2 rings (SSSR count). The molecule has 0 saturated carbocycles. The summed E-state index contributed by atoms with van der Waals surface area (Å²) < 4.78 is 0. The van der Waals surface area contributed by atoms with Gasteiger partial charge in [-0.25, -0.2) is 0 Å². The molecule has 0 radical (unpaired) electrons. The molecule has 1 aromatic heterocycles. The highest BCUT2D eigenvalue weighted by Gasteiger charge is 2.32. The van der Waals surface area contributed by atoms with Gasteiger partial charge in [0.15, 0.2) is 0 Å². The lowest BCUT2D eigenvalue weighted by atomic mass is 9.77. The minimum absolute atomic E-state index is 0.377. The van der Waals surface area contributed by atoms with E-state index in [2.05, 4.69) is 44.8 Å². The van der Waals surface area contributed by atoms with Crippen molar-refractivity contribution < 1.29 is 0 Å². The van der Waals surface area contributed by atoms with Crippen LogP contribution in [0.25, 0.3) is 0 Å². The molecule has 1 atom stereocenters. The van der Waals surface area contributed by atoms with E-state index in [-0.39, 0.29) is 0 Å². The van der Waals surface area contributed by atoms with Crippen molar-refractivity contribution in [2.24, 2.45) is 5.41 Å². The highest BCUT2D eigenvalue weighted by molar-refractivity contribution is 5.32. The van der Waals surface area contributed by atoms with Crippen LogP contribution < -0.4 is 0 Å². The second-order valence-electron chi connectivity index (χ2n) is 5.45. The molecule has 76 valence electrons. The number of hydrogen-bond donors (Lipinski definition) is 0. The van der Waals surface area contributed by atoms with E-state index in [9.17, 15) is 0 Å². The van der Waals surface area contributed by atoms with Crippen LogP contribution in [-0.2, 0) is 6.42 Å². The molecule has 0 saturated heterocycles.